The number of fused-ring (bicyclic) bond motifs is 7. The molecule has 4 aromatic rings. The van der Waals surface area contributed by atoms with Gasteiger partial charge in [0.05, 0.1) is 17.1 Å². The standard InChI is InChI=1S/C24H22FN5O/c1-3-19-22-15-11-21(24(26)28-12-15)31-13-16-9-17(25)6-7-18(16)23-14(5-4-8-27-23)10-20(22)30(2)29-19/h4-9,11-12H,3,10,13H2,1-2H3,(H2,26,28). The number of aryl methyl sites for hydroxylation is 2. The smallest absolute Gasteiger partial charge is 0.166 e. The van der Waals surface area contributed by atoms with Crippen LogP contribution in [0.2, 0.25) is 0 Å². The van der Waals surface area contributed by atoms with Crippen LogP contribution < -0.4 is 10.5 Å². The molecule has 7 heteroatoms. The van der Waals surface area contributed by atoms with E-state index in [0.29, 0.717) is 23.6 Å². The van der Waals surface area contributed by atoms with Gasteiger partial charge in [0.1, 0.15) is 12.4 Å². The molecule has 0 saturated heterocycles. The van der Waals surface area contributed by atoms with E-state index in [4.69, 9.17) is 15.6 Å². The lowest BCUT2D eigenvalue weighted by Crippen LogP contribution is -2.07. The molecule has 0 amide bonds. The van der Waals surface area contributed by atoms with Crippen molar-refractivity contribution >= 4 is 5.82 Å². The van der Waals surface area contributed by atoms with E-state index in [9.17, 15) is 4.39 Å². The van der Waals surface area contributed by atoms with Crippen LogP contribution in [0.15, 0.2) is 48.8 Å². The highest BCUT2D eigenvalue weighted by molar-refractivity contribution is 5.74. The van der Waals surface area contributed by atoms with Crippen LogP contribution in [0.3, 0.4) is 0 Å². The van der Waals surface area contributed by atoms with Gasteiger partial charge in [-0.25, -0.2) is 9.37 Å². The Morgan fingerprint density at radius 1 is 1.16 bits per heavy atom. The van der Waals surface area contributed by atoms with Gasteiger partial charge < -0.3 is 10.5 Å². The number of benzene rings is 1. The number of nitrogens with zero attached hydrogens (tertiary/aromatic N) is 4. The van der Waals surface area contributed by atoms with Gasteiger partial charge in [-0.3, -0.25) is 9.67 Å². The maximum absolute atomic E-state index is 14.1. The average molecular weight is 415 g/mol. The van der Waals surface area contributed by atoms with Gasteiger partial charge in [-0.05, 0) is 42.3 Å². The van der Waals surface area contributed by atoms with Gasteiger partial charge >= 0.3 is 0 Å². The van der Waals surface area contributed by atoms with Crippen molar-refractivity contribution in [2.24, 2.45) is 7.05 Å². The largest absolute Gasteiger partial charge is 0.485 e. The van der Waals surface area contributed by atoms with Crippen molar-refractivity contribution < 1.29 is 9.13 Å². The van der Waals surface area contributed by atoms with Crippen LogP contribution in [-0.4, -0.2) is 19.7 Å². The molecule has 0 spiro atoms. The zero-order valence-corrected chi connectivity index (χ0v) is 17.4. The highest BCUT2D eigenvalue weighted by Crippen LogP contribution is 2.36. The van der Waals surface area contributed by atoms with Crippen molar-refractivity contribution in [3.8, 4) is 28.1 Å². The van der Waals surface area contributed by atoms with Crippen LogP contribution >= 0.6 is 0 Å². The molecule has 4 heterocycles. The first-order valence-corrected chi connectivity index (χ1v) is 10.2. The molecule has 5 rings (SSSR count). The minimum absolute atomic E-state index is 0.152. The van der Waals surface area contributed by atoms with Crippen molar-refractivity contribution in [1.82, 2.24) is 19.7 Å². The normalized spacial score (nSPS) is 12.6. The molecule has 0 radical (unpaired) electrons. The number of hydrogen-bond acceptors (Lipinski definition) is 5. The summed E-state index contributed by atoms with van der Waals surface area (Å²) in [5.41, 5.74) is 13.4. The van der Waals surface area contributed by atoms with E-state index in [-0.39, 0.29) is 12.4 Å². The van der Waals surface area contributed by atoms with Crippen molar-refractivity contribution in [2.75, 3.05) is 5.73 Å². The summed E-state index contributed by atoms with van der Waals surface area (Å²) in [6, 6.07) is 10.6. The van der Waals surface area contributed by atoms with Gasteiger partial charge in [0.2, 0.25) is 0 Å². The van der Waals surface area contributed by atoms with Gasteiger partial charge in [-0.2, -0.15) is 5.10 Å². The summed E-state index contributed by atoms with van der Waals surface area (Å²) in [7, 11) is 1.95. The van der Waals surface area contributed by atoms with E-state index in [0.717, 1.165) is 45.8 Å². The molecular weight excluding hydrogens is 393 g/mol. The van der Waals surface area contributed by atoms with Crippen LogP contribution in [0.1, 0.15) is 29.4 Å². The summed E-state index contributed by atoms with van der Waals surface area (Å²) in [6.07, 6.45) is 4.92. The Hall–Kier alpha value is -3.74. The minimum atomic E-state index is -0.326. The summed E-state index contributed by atoms with van der Waals surface area (Å²) < 4.78 is 22.0. The number of hydrogen-bond donors (Lipinski definition) is 1. The third-order valence-corrected chi connectivity index (χ3v) is 5.70. The maximum atomic E-state index is 14.1. The van der Waals surface area contributed by atoms with Crippen LogP contribution in [0.25, 0.3) is 22.4 Å². The molecular formula is C24H22FN5O. The Kier molecular flexibility index (Phi) is 4.66. The highest BCUT2D eigenvalue weighted by atomic mass is 19.1. The number of ether oxygens (including phenoxy) is 1. The summed E-state index contributed by atoms with van der Waals surface area (Å²) in [5.74, 6) is 0.431. The third kappa shape index (κ3) is 3.32. The number of rotatable bonds is 1. The molecule has 1 aliphatic heterocycles. The van der Waals surface area contributed by atoms with Crippen molar-refractivity contribution in [3.05, 3.63) is 77.1 Å². The lowest BCUT2D eigenvalue weighted by molar-refractivity contribution is 0.307. The van der Waals surface area contributed by atoms with Gasteiger partial charge in [-0.1, -0.05) is 13.0 Å². The average Bonchev–Trinajstić information content (AvgIpc) is 3.08. The van der Waals surface area contributed by atoms with E-state index in [1.54, 1.807) is 18.5 Å². The molecule has 0 aliphatic carbocycles. The molecule has 31 heavy (non-hydrogen) atoms. The lowest BCUT2D eigenvalue weighted by Gasteiger charge is -2.17. The first kappa shape index (κ1) is 19.2. The van der Waals surface area contributed by atoms with Gasteiger partial charge in [0, 0.05) is 48.1 Å². The Morgan fingerprint density at radius 2 is 2.03 bits per heavy atom. The second kappa shape index (κ2) is 7.50. The van der Waals surface area contributed by atoms with Crippen molar-refractivity contribution in [3.63, 3.8) is 0 Å². The maximum Gasteiger partial charge on any atom is 0.166 e. The van der Waals surface area contributed by atoms with Crippen molar-refractivity contribution in [1.29, 1.82) is 0 Å². The first-order chi connectivity index (χ1) is 15.0. The lowest BCUT2D eigenvalue weighted by atomic mass is 9.94. The zero-order chi connectivity index (χ0) is 21.5. The fourth-order valence-corrected chi connectivity index (χ4v) is 4.18. The van der Waals surface area contributed by atoms with Gasteiger partial charge in [0.25, 0.3) is 0 Å². The molecule has 1 aromatic carbocycles. The molecule has 3 aromatic heterocycles. The van der Waals surface area contributed by atoms with Crippen molar-refractivity contribution in [2.45, 2.75) is 26.4 Å². The second-order valence-electron chi connectivity index (χ2n) is 7.63. The molecule has 2 bridgehead atoms. The molecule has 1 aliphatic rings. The number of halogens is 1. The summed E-state index contributed by atoms with van der Waals surface area (Å²) in [6.45, 7) is 2.24. The van der Waals surface area contributed by atoms with Gasteiger partial charge in [-0.15, -0.1) is 0 Å². The number of anilines is 1. The fraction of sp³-hybridized carbons (Fsp3) is 0.208. The van der Waals surface area contributed by atoms with E-state index in [1.165, 1.54) is 12.1 Å². The number of nitrogens with two attached hydrogens (primary N) is 1. The quantitative estimate of drug-likeness (QED) is 0.501. The molecule has 156 valence electrons. The van der Waals surface area contributed by atoms with E-state index in [2.05, 4.69) is 23.0 Å². The minimum Gasteiger partial charge on any atom is -0.485 e. The van der Waals surface area contributed by atoms with E-state index in [1.807, 2.05) is 23.9 Å². The molecule has 0 saturated carbocycles. The van der Waals surface area contributed by atoms with Crippen LogP contribution in [-0.2, 0) is 26.5 Å². The molecule has 0 unspecified atom stereocenters. The van der Waals surface area contributed by atoms with Crippen LogP contribution in [0.4, 0.5) is 10.2 Å². The predicted molar refractivity (Wildman–Crippen MR) is 117 cm³/mol. The SMILES string of the molecule is CCc1nn(C)c2c1-c1cnc(N)c(c1)OCc1cc(F)ccc1-c1ncccc1C2. The summed E-state index contributed by atoms with van der Waals surface area (Å²) >= 11 is 0. The second-order valence-corrected chi connectivity index (χ2v) is 7.63. The Morgan fingerprint density at radius 3 is 2.87 bits per heavy atom. The zero-order valence-electron chi connectivity index (χ0n) is 17.4. The highest BCUT2D eigenvalue weighted by Gasteiger charge is 2.22. The molecule has 0 atom stereocenters. The third-order valence-electron chi connectivity index (χ3n) is 5.70. The number of aromatic nitrogens is 4. The number of pyridine rings is 2. The van der Waals surface area contributed by atoms with E-state index < -0.39 is 0 Å². The first-order valence-electron chi connectivity index (χ1n) is 10.2. The fourth-order valence-electron chi connectivity index (χ4n) is 4.18. The summed E-state index contributed by atoms with van der Waals surface area (Å²) in [5, 5.41) is 4.75. The summed E-state index contributed by atoms with van der Waals surface area (Å²) in [4.78, 5) is 9.01. The Bertz CT molecular complexity index is 1300. The molecule has 6 nitrogen and oxygen atoms in total. The monoisotopic (exact) mass is 415 g/mol. The van der Waals surface area contributed by atoms with Crippen LogP contribution in [0, 0.1) is 5.82 Å². The molecule has 0 fully saturated rings. The predicted octanol–water partition coefficient (Wildman–Crippen LogP) is 4.31. The topological polar surface area (TPSA) is 78.9 Å². The number of nitrogen functional groups attached to an aromatic ring is 1. The van der Waals surface area contributed by atoms with E-state index >= 15 is 0 Å². The van der Waals surface area contributed by atoms with Gasteiger partial charge in [0.15, 0.2) is 11.6 Å². The van der Waals surface area contributed by atoms with Crippen LogP contribution in [0.5, 0.6) is 5.75 Å². The molecule has 2 N–H and O–H groups in total. The Balaban J connectivity index is 1.81. The Labute approximate surface area is 179 Å².